The fraction of sp³-hybridized carbons (Fsp3) is 0.200. The monoisotopic (exact) mass is 296 g/mol. The maximum Gasteiger partial charge on any atom is 0.442 e. The lowest BCUT2D eigenvalue weighted by atomic mass is 10.2. The first-order chi connectivity index (χ1) is 8.69. The van der Waals surface area contributed by atoms with Gasteiger partial charge in [-0.15, -0.1) is 0 Å². The van der Waals surface area contributed by atoms with Crippen molar-refractivity contribution in [2.75, 3.05) is 11.1 Å². The first kappa shape index (κ1) is 15.3. The largest absolute Gasteiger partial charge is 0.442 e. The number of anilines is 1. The van der Waals surface area contributed by atoms with Crippen molar-refractivity contribution in [3.05, 3.63) is 29.6 Å². The number of alkyl halides is 3. The van der Waals surface area contributed by atoms with Gasteiger partial charge < -0.3 is 11.1 Å². The van der Waals surface area contributed by atoms with Gasteiger partial charge in [0.05, 0.1) is 11.3 Å². The van der Waals surface area contributed by atoms with Crippen LogP contribution in [-0.2, 0) is 4.79 Å². The van der Waals surface area contributed by atoms with E-state index in [9.17, 15) is 27.2 Å². The highest BCUT2D eigenvalue weighted by Gasteiger charge is 2.29. The molecule has 0 aromatic heterocycles. The molecule has 0 unspecified atom stereocenters. The fourth-order valence-electron chi connectivity index (χ4n) is 1.14. The third-order valence-corrected chi connectivity index (χ3v) is 2.62. The molecule has 0 heterocycles. The molecule has 9 heteroatoms. The van der Waals surface area contributed by atoms with E-state index >= 15 is 0 Å². The molecule has 0 spiro atoms. The maximum absolute atomic E-state index is 13.1. The summed E-state index contributed by atoms with van der Waals surface area (Å²) in [5.41, 5.74) is -0.0981. The Kier molecular flexibility index (Phi) is 4.76. The lowest BCUT2D eigenvalue weighted by Gasteiger charge is -2.08. The Hall–Kier alpha value is -1.77. The molecule has 0 atom stereocenters. The molecule has 0 aliphatic rings. The topological polar surface area (TPSA) is 72.2 Å². The summed E-state index contributed by atoms with van der Waals surface area (Å²) in [6.07, 6.45) is 0. The van der Waals surface area contributed by atoms with Crippen LogP contribution < -0.4 is 11.1 Å². The summed E-state index contributed by atoms with van der Waals surface area (Å²) in [4.78, 5) is 22.0. The molecule has 0 aliphatic carbocycles. The van der Waals surface area contributed by atoms with E-state index in [-0.39, 0.29) is 5.69 Å². The smallest absolute Gasteiger partial charge is 0.366 e. The zero-order chi connectivity index (χ0) is 14.6. The normalized spacial score (nSPS) is 11.2. The van der Waals surface area contributed by atoms with Crippen LogP contribution in [0.4, 0.5) is 23.2 Å². The van der Waals surface area contributed by atoms with Crippen molar-refractivity contribution in [2.45, 2.75) is 5.51 Å². The van der Waals surface area contributed by atoms with Crippen molar-refractivity contribution in [3.63, 3.8) is 0 Å². The van der Waals surface area contributed by atoms with Crippen LogP contribution in [0.15, 0.2) is 18.2 Å². The molecule has 1 aromatic rings. The molecule has 0 aliphatic heterocycles. The van der Waals surface area contributed by atoms with Gasteiger partial charge in [0.15, 0.2) is 0 Å². The van der Waals surface area contributed by atoms with E-state index in [2.05, 4.69) is 5.32 Å². The number of hydrogen-bond donors (Lipinski definition) is 2. The minimum atomic E-state index is -4.52. The number of amides is 2. The molecule has 0 saturated heterocycles. The molecule has 19 heavy (non-hydrogen) atoms. The van der Waals surface area contributed by atoms with Crippen molar-refractivity contribution in [1.29, 1.82) is 0 Å². The van der Waals surface area contributed by atoms with Crippen LogP contribution >= 0.6 is 11.8 Å². The number of primary amides is 1. The van der Waals surface area contributed by atoms with Gasteiger partial charge in [-0.05, 0) is 30.0 Å². The van der Waals surface area contributed by atoms with Crippen LogP contribution in [0.3, 0.4) is 0 Å². The minimum absolute atomic E-state index is 0.0111. The Balaban J connectivity index is 2.70. The van der Waals surface area contributed by atoms with Crippen LogP contribution in [0.5, 0.6) is 0 Å². The molecule has 0 radical (unpaired) electrons. The van der Waals surface area contributed by atoms with E-state index in [4.69, 9.17) is 5.73 Å². The van der Waals surface area contributed by atoms with E-state index in [1.807, 2.05) is 0 Å². The van der Waals surface area contributed by atoms with Gasteiger partial charge in [-0.2, -0.15) is 13.2 Å². The molecule has 0 saturated carbocycles. The second kappa shape index (κ2) is 5.91. The first-order valence-corrected chi connectivity index (χ1v) is 5.77. The van der Waals surface area contributed by atoms with Crippen LogP contribution in [0.1, 0.15) is 10.4 Å². The third kappa shape index (κ3) is 5.16. The number of nitrogens with one attached hydrogen (secondary N) is 1. The number of halogens is 4. The molecular formula is C10H8F4N2O2S. The van der Waals surface area contributed by atoms with Gasteiger partial charge in [0.1, 0.15) is 5.82 Å². The molecule has 3 N–H and O–H groups in total. The van der Waals surface area contributed by atoms with Crippen LogP contribution in [-0.4, -0.2) is 23.1 Å². The second-order valence-corrected chi connectivity index (χ2v) is 4.38. The summed E-state index contributed by atoms with van der Waals surface area (Å²) in [7, 11) is 0. The molecule has 2 amide bonds. The number of carbonyl (C=O) groups is 2. The lowest BCUT2D eigenvalue weighted by molar-refractivity contribution is -0.114. The van der Waals surface area contributed by atoms with Gasteiger partial charge in [-0.25, -0.2) is 4.39 Å². The molecule has 4 nitrogen and oxygen atoms in total. The highest BCUT2D eigenvalue weighted by molar-refractivity contribution is 8.00. The Morgan fingerprint density at radius 1 is 1.32 bits per heavy atom. The van der Waals surface area contributed by atoms with Crippen LogP contribution in [0, 0.1) is 5.82 Å². The Bertz CT molecular complexity index is 505. The number of carbonyl (C=O) groups excluding carboxylic acids is 2. The summed E-state index contributed by atoms with van der Waals surface area (Å²) < 4.78 is 48.6. The van der Waals surface area contributed by atoms with Crippen LogP contribution in [0.25, 0.3) is 0 Å². The van der Waals surface area contributed by atoms with Crippen molar-refractivity contribution in [3.8, 4) is 0 Å². The lowest BCUT2D eigenvalue weighted by Crippen LogP contribution is -2.18. The number of nitrogens with two attached hydrogens (primary N) is 1. The predicted molar refractivity (Wildman–Crippen MR) is 62.1 cm³/mol. The van der Waals surface area contributed by atoms with E-state index in [1.165, 1.54) is 0 Å². The average molecular weight is 296 g/mol. The third-order valence-electron chi connectivity index (χ3n) is 1.88. The average Bonchev–Trinajstić information content (AvgIpc) is 2.28. The van der Waals surface area contributed by atoms with Gasteiger partial charge in [0.25, 0.3) is 5.91 Å². The summed E-state index contributed by atoms with van der Waals surface area (Å²) in [5, 5.41) is 2.10. The quantitative estimate of drug-likeness (QED) is 0.836. The molecule has 1 rings (SSSR count). The fourth-order valence-corrected chi connectivity index (χ4v) is 1.50. The SMILES string of the molecule is NC(=O)c1cc(NC(=O)CSC(F)(F)F)ccc1F. The second-order valence-electron chi connectivity index (χ2n) is 3.34. The minimum Gasteiger partial charge on any atom is -0.366 e. The molecule has 1 aromatic carbocycles. The standard InChI is InChI=1S/C10H8F4N2O2S/c11-7-2-1-5(3-6(7)9(15)18)16-8(17)4-19-10(12,13)14/h1-3H,4H2,(H2,15,18)(H,16,17). The van der Waals surface area contributed by atoms with E-state index in [0.717, 1.165) is 18.2 Å². The summed E-state index contributed by atoms with van der Waals surface area (Å²) in [6, 6.07) is 2.94. The highest BCUT2D eigenvalue weighted by Crippen LogP contribution is 2.29. The molecule has 0 bridgehead atoms. The summed E-state index contributed by atoms with van der Waals surface area (Å²) in [6.45, 7) is 0. The number of hydrogen-bond acceptors (Lipinski definition) is 3. The Morgan fingerprint density at radius 3 is 2.47 bits per heavy atom. The van der Waals surface area contributed by atoms with Crippen molar-refractivity contribution < 1.29 is 27.2 Å². The number of benzene rings is 1. The van der Waals surface area contributed by atoms with Crippen molar-refractivity contribution >= 4 is 29.3 Å². The molecule has 0 fully saturated rings. The van der Waals surface area contributed by atoms with E-state index in [0.29, 0.717) is 0 Å². The number of rotatable bonds is 4. The van der Waals surface area contributed by atoms with Crippen LogP contribution in [0.2, 0.25) is 0 Å². The zero-order valence-corrected chi connectivity index (χ0v) is 10.1. The maximum atomic E-state index is 13.1. The zero-order valence-electron chi connectivity index (χ0n) is 9.25. The number of thioether (sulfide) groups is 1. The van der Waals surface area contributed by atoms with Crippen molar-refractivity contribution in [1.82, 2.24) is 0 Å². The van der Waals surface area contributed by atoms with Gasteiger partial charge in [0.2, 0.25) is 5.91 Å². The van der Waals surface area contributed by atoms with Gasteiger partial charge in [-0.3, -0.25) is 9.59 Å². The van der Waals surface area contributed by atoms with E-state index < -0.39 is 46.2 Å². The van der Waals surface area contributed by atoms with E-state index in [1.54, 1.807) is 0 Å². The Labute approximate surface area is 109 Å². The van der Waals surface area contributed by atoms with Gasteiger partial charge in [-0.1, -0.05) is 0 Å². The van der Waals surface area contributed by atoms with Gasteiger partial charge >= 0.3 is 5.51 Å². The van der Waals surface area contributed by atoms with Gasteiger partial charge in [0, 0.05) is 5.69 Å². The summed E-state index contributed by atoms with van der Waals surface area (Å²) >= 11 is -0.503. The summed E-state index contributed by atoms with van der Waals surface area (Å²) in [5.74, 6) is -3.69. The highest BCUT2D eigenvalue weighted by atomic mass is 32.2. The predicted octanol–water partition coefficient (Wildman–Crippen LogP) is 2.12. The van der Waals surface area contributed by atoms with Crippen molar-refractivity contribution in [2.24, 2.45) is 5.73 Å². The molecule has 104 valence electrons. The first-order valence-electron chi connectivity index (χ1n) is 4.79. The Morgan fingerprint density at radius 2 is 1.95 bits per heavy atom. The molecular weight excluding hydrogens is 288 g/mol.